The zero-order chi connectivity index (χ0) is 2.71. The number of halogens is 2. The van der Waals surface area contributed by atoms with Crippen molar-refractivity contribution in [2.75, 3.05) is 0 Å². The minimum absolute atomic E-state index is 0. The summed E-state index contributed by atoms with van der Waals surface area (Å²) in [6.45, 7) is 0. The molecule has 0 saturated carbocycles. The quantitative estimate of drug-likeness (QED) is 0.328. The van der Waals surface area contributed by atoms with Crippen LogP contribution in [0.3, 0.4) is 0 Å². The molecule has 0 aromatic rings. The monoisotopic (exact) mass is 498 g/mol. The van der Waals surface area contributed by atoms with Crippen molar-refractivity contribution in [2.45, 2.75) is 0 Å². The molecule has 4 N–H and O–H groups in total. The third-order valence-electron chi connectivity index (χ3n) is 0. The first kappa shape index (κ1) is 15.7. The van der Waals surface area contributed by atoms with E-state index < -0.39 is 0 Å². The molecule has 0 bridgehead atoms. The van der Waals surface area contributed by atoms with Gasteiger partial charge in [0, 0.05) is 0 Å². The van der Waals surface area contributed by atoms with Crippen LogP contribution in [-0.4, -0.2) is 26.6 Å². The van der Waals surface area contributed by atoms with Crippen LogP contribution in [0.2, 0.25) is 0 Å². The molecule has 0 rings (SSSR count). The van der Waals surface area contributed by atoms with Gasteiger partial charge in [-0.25, -0.2) is 0 Å². The van der Waals surface area contributed by atoms with E-state index in [0.717, 1.165) is 0 Å². The molecule has 5 heavy (non-hydrogen) atoms. The molecule has 0 amide bonds. The van der Waals surface area contributed by atoms with Crippen molar-refractivity contribution < 1.29 is 11.0 Å². The SMILES string of the molecule is O.O.[I][Pb][I]. The van der Waals surface area contributed by atoms with Gasteiger partial charge in [0.25, 0.3) is 0 Å². The van der Waals surface area contributed by atoms with E-state index in [-0.39, 0.29) is 26.6 Å². The fraction of sp³-hybridized carbons (Fsp3) is 0. The van der Waals surface area contributed by atoms with Gasteiger partial charge in [0.15, 0.2) is 0 Å². The molecule has 2 nitrogen and oxygen atoms in total. The van der Waals surface area contributed by atoms with Gasteiger partial charge < -0.3 is 11.0 Å². The van der Waals surface area contributed by atoms with Crippen LogP contribution in [0.15, 0.2) is 0 Å². The summed E-state index contributed by atoms with van der Waals surface area (Å²) in [6, 6.07) is 0. The van der Waals surface area contributed by atoms with Crippen LogP contribution in [0.25, 0.3) is 0 Å². The molecule has 0 saturated heterocycles. The van der Waals surface area contributed by atoms with E-state index in [9.17, 15) is 0 Å². The van der Waals surface area contributed by atoms with Crippen LogP contribution in [0.5, 0.6) is 0 Å². The van der Waals surface area contributed by atoms with Gasteiger partial charge in [0.1, 0.15) is 0 Å². The standard InChI is InChI=1S/2HI.2H2O.Pb/h2*1H;2*1H2;/q;;;;+2/p-2. The van der Waals surface area contributed by atoms with E-state index >= 15 is 0 Å². The van der Waals surface area contributed by atoms with Gasteiger partial charge >= 0.3 is 51.2 Å². The van der Waals surface area contributed by atoms with Crippen molar-refractivity contribution in [3.8, 4) is 0 Å². The molecule has 0 unspecified atom stereocenters. The third-order valence-corrected chi connectivity index (χ3v) is 0. The first-order valence-electron chi connectivity index (χ1n) is 0.378. The van der Waals surface area contributed by atoms with E-state index in [0.29, 0.717) is 0 Å². The first-order chi connectivity index (χ1) is 1.41. The summed E-state index contributed by atoms with van der Waals surface area (Å²) in [4.78, 5) is 0. The Bertz CT molecular complexity index is 7.61. The van der Waals surface area contributed by atoms with Crippen molar-refractivity contribution in [1.82, 2.24) is 0 Å². The van der Waals surface area contributed by atoms with E-state index in [1.54, 1.807) is 0 Å². The third kappa shape index (κ3) is 22.0. The topological polar surface area (TPSA) is 63.0 Å². The summed E-state index contributed by atoms with van der Waals surface area (Å²) in [5.41, 5.74) is 0. The van der Waals surface area contributed by atoms with Crippen LogP contribution in [0, 0.1) is 0 Å². The predicted molar refractivity (Wildman–Crippen MR) is 41.0 cm³/mol. The van der Waals surface area contributed by atoms with Crippen molar-refractivity contribution in [2.24, 2.45) is 0 Å². The Morgan fingerprint density at radius 2 is 1.00 bits per heavy atom. The molecule has 5 heteroatoms. The van der Waals surface area contributed by atoms with Gasteiger partial charge in [-0.1, -0.05) is 0 Å². The average molecular weight is 497 g/mol. The Labute approximate surface area is 60.8 Å². The molecular formula is H4I2O2Pb. The molecule has 0 aromatic carbocycles. The Hall–Kier alpha value is 2.30. The maximum atomic E-state index is 2.47. The molecule has 0 heterocycles. The summed E-state index contributed by atoms with van der Waals surface area (Å²) in [7, 11) is 0. The first-order valence-corrected chi connectivity index (χ1v) is 22.2. The molecule has 0 aliphatic heterocycles. The molecule has 0 fully saturated rings. The van der Waals surface area contributed by atoms with E-state index in [2.05, 4.69) is 35.5 Å². The van der Waals surface area contributed by atoms with Crippen LogP contribution in [0.1, 0.15) is 0 Å². The van der Waals surface area contributed by atoms with Crippen molar-refractivity contribution >= 4 is 51.2 Å². The minimum atomic E-state index is 0. The van der Waals surface area contributed by atoms with E-state index in [1.807, 2.05) is 0 Å². The summed E-state index contributed by atoms with van der Waals surface area (Å²) in [5, 5.41) is 0. The summed E-state index contributed by atoms with van der Waals surface area (Å²) >= 11 is 4.96. The summed E-state index contributed by atoms with van der Waals surface area (Å²) < 4.78 is 0. The van der Waals surface area contributed by atoms with Gasteiger partial charge in [-0.15, -0.1) is 0 Å². The van der Waals surface area contributed by atoms with Gasteiger partial charge in [-0.05, 0) is 0 Å². The van der Waals surface area contributed by atoms with Crippen LogP contribution in [0.4, 0.5) is 0 Å². The summed E-state index contributed by atoms with van der Waals surface area (Å²) in [6.07, 6.45) is 0. The number of hydrogen-bond acceptors (Lipinski definition) is 0. The molecule has 0 spiro atoms. The van der Waals surface area contributed by atoms with E-state index in [4.69, 9.17) is 0 Å². The second-order valence-electron chi connectivity index (χ2n) is 0.0714. The van der Waals surface area contributed by atoms with Crippen LogP contribution >= 0.6 is 35.5 Å². The van der Waals surface area contributed by atoms with Crippen molar-refractivity contribution in [1.29, 1.82) is 0 Å². The zero-order valence-electron chi connectivity index (χ0n) is 2.26. The zero-order valence-corrected chi connectivity index (χ0v) is 10.5. The van der Waals surface area contributed by atoms with Crippen molar-refractivity contribution in [3.05, 3.63) is 0 Å². The predicted octanol–water partition coefficient (Wildman–Crippen LogP) is -0.259. The molecule has 34 valence electrons. The van der Waals surface area contributed by atoms with Gasteiger partial charge in [0.05, 0.1) is 0 Å². The number of rotatable bonds is 0. The number of hydrogen-bond donors (Lipinski definition) is 0. The molecule has 2 radical (unpaired) electrons. The normalized spacial score (nSPS) is 3.60. The average Bonchev–Trinajstić information content (AvgIpc) is 0.918. The van der Waals surface area contributed by atoms with Gasteiger partial charge in [0.2, 0.25) is 0 Å². The Morgan fingerprint density at radius 3 is 1.00 bits per heavy atom. The Kier molecular flexibility index (Phi) is 50.9. The van der Waals surface area contributed by atoms with Crippen LogP contribution < -0.4 is 0 Å². The van der Waals surface area contributed by atoms with Gasteiger partial charge in [-0.3, -0.25) is 0 Å². The molecule has 0 aliphatic rings. The summed E-state index contributed by atoms with van der Waals surface area (Å²) in [5.74, 6) is 0. The second-order valence-corrected chi connectivity index (χ2v) is 28.2. The van der Waals surface area contributed by atoms with Gasteiger partial charge in [-0.2, -0.15) is 0 Å². The molecular weight excluding hydrogens is 493 g/mol. The molecule has 0 aromatic heterocycles. The van der Waals surface area contributed by atoms with Crippen LogP contribution in [-0.2, 0) is 0 Å². The van der Waals surface area contributed by atoms with E-state index in [1.165, 1.54) is 0 Å². The maximum absolute atomic E-state index is 2.47. The second kappa shape index (κ2) is 16.2. The fourth-order valence-electron chi connectivity index (χ4n) is 0. The Balaban J connectivity index is -0.0000000200. The fourth-order valence-corrected chi connectivity index (χ4v) is 0. The molecule has 0 atom stereocenters. The molecule has 0 aliphatic carbocycles. The van der Waals surface area contributed by atoms with Crippen molar-refractivity contribution in [3.63, 3.8) is 0 Å². The Morgan fingerprint density at radius 1 is 1.00 bits per heavy atom.